The first-order valence-corrected chi connectivity index (χ1v) is 8.53. The molecule has 0 radical (unpaired) electrons. The highest BCUT2D eigenvalue weighted by Crippen LogP contribution is 2.32. The Bertz CT molecular complexity index is 735. The summed E-state index contributed by atoms with van der Waals surface area (Å²) in [7, 11) is 1.86. The van der Waals surface area contributed by atoms with Crippen LogP contribution in [0, 0.1) is 0 Å². The minimum atomic E-state index is -0.266. The van der Waals surface area contributed by atoms with E-state index in [0.717, 1.165) is 43.7 Å². The minimum Gasteiger partial charge on any atom is -0.373 e. The zero-order valence-electron chi connectivity index (χ0n) is 14.0. The summed E-state index contributed by atoms with van der Waals surface area (Å²) in [6, 6.07) is 1.88. The van der Waals surface area contributed by atoms with Crippen LogP contribution in [-0.4, -0.2) is 69.2 Å². The lowest BCUT2D eigenvalue weighted by atomic mass is 9.87. The number of ether oxygens (including phenoxy) is 1. The van der Waals surface area contributed by atoms with Crippen LogP contribution in [0.2, 0.25) is 0 Å². The van der Waals surface area contributed by atoms with Crippen molar-refractivity contribution in [3.63, 3.8) is 0 Å². The molecule has 2 aliphatic rings. The van der Waals surface area contributed by atoms with Gasteiger partial charge in [-0.15, -0.1) is 0 Å². The molecule has 4 rings (SSSR count). The van der Waals surface area contributed by atoms with Crippen molar-refractivity contribution in [2.45, 2.75) is 31.4 Å². The number of hydrogen-bond donors (Lipinski definition) is 0. The Labute approximate surface area is 141 Å². The molecule has 128 valence electrons. The number of carbonyl (C=O) groups excluding carboxylic acids is 1. The molecule has 2 saturated heterocycles. The molecule has 2 aromatic heterocycles. The Hall–Kier alpha value is -1.99. The van der Waals surface area contributed by atoms with Crippen molar-refractivity contribution >= 4 is 11.6 Å². The van der Waals surface area contributed by atoms with E-state index in [1.54, 1.807) is 11.1 Å². The SMILES string of the molecule is CN1CCOC2(CCN(Cc3cnn4cccnc34)CC2)CC1=O. The first-order chi connectivity index (χ1) is 11.7. The molecule has 0 atom stereocenters. The Morgan fingerprint density at radius 2 is 2.12 bits per heavy atom. The fourth-order valence-corrected chi connectivity index (χ4v) is 3.65. The van der Waals surface area contributed by atoms with Crippen LogP contribution in [0.4, 0.5) is 0 Å². The van der Waals surface area contributed by atoms with Gasteiger partial charge in [-0.3, -0.25) is 9.69 Å². The molecule has 0 aromatic carbocycles. The van der Waals surface area contributed by atoms with E-state index in [1.165, 1.54) is 0 Å². The zero-order valence-corrected chi connectivity index (χ0v) is 14.0. The molecule has 0 unspecified atom stereocenters. The van der Waals surface area contributed by atoms with Gasteiger partial charge in [-0.2, -0.15) is 5.10 Å². The molecular weight excluding hydrogens is 306 g/mol. The van der Waals surface area contributed by atoms with Crippen LogP contribution in [0.15, 0.2) is 24.7 Å². The second-order valence-electron chi connectivity index (χ2n) is 6.86. The van der Waals surface area contributed by atoms with Gasteiger partial charge in [0.25, 0.3) is 0 Å². The number of nitrogens with zero attached hydrogens (tertiary/aromatic N) is 5. The Morgan fingerprint density at radius 1 is 1.29 bits per heavy atom. The maximum atomic E-state index is 12.2. The van der Waals surface area contributed by atoms with Crippen molar-refractivity contribution in [1.29, 1.82) is 0 Å². The van der Waals surface area contributed by atoms with Gasteiger partial charge in [-0.25, -0.2) is 9.50 Å². The minimum absolute atomic E-state index is 0.202. The molecule has 1 spiro atoms. The standard InChI is InChI=1S/C17H23N5O2/c1-20-9-10-24-17(11-15(20)23)3-7-21(8-4-17)13-14-12-19-22-6-2-5-18-16(14)22/h2,5-6,12H,3-4,7-11,13H2,1H3. The topological polar surface area (TPSA) is 63.0 Å². The van der Waals surface area contributed by atoms with Crippen LogP contribution >= 0.6 is 0 Å². The van der Waals surface area contributed by atoms with E-state index in [-0.39, 0.29) is 11.5 Å². The Kier molecular flexibility index (Phi) is 3.97. The summed E-state index contributed by atoms with van der Waals surface area (Å²) < 4.78 is 7.92. The van der Waals surface area contributed by atoms with Gasteiger partial charge < -0.3 is 9.64 Å². The number of piperidine rings is 1. The van der Waals surface area contributed by atoms with Crippen LogP contribution < -0.4 is 0 Å². The number of rotatable bonds is 2. The van der Waals surface area contributed by atoms with Crippen molar-refractivity contribution in [2.24, 2.45) is 0 Å². The van der Waals surface area contributed by atoms with Gasteiger partial charge in [0.1, 0.15) is 0 Å². The van der Waals surface area contributed by atoms with Crippen molar-refractivity contribution < 1.29 is 9.53 Å². The van der Waals surface area contributed by atoms with Gasteiger partial charge in [-0.1, -0.05) is 0 Å². The van der Waals surface area contributed by atoms with Crippen molar-refractivity contribution in [1.82, 2.24) is 24.4 Å². The van der Waals surface area contributed by atoms with Gasteiger partial charge in [0, 0.05) is 51.2 Å². The van der Waals surface area contributed by atoms with E-state index in [0.29, 0.717) is 19.6 Å². The maximum Gasteiger partial charge on any atom is 0.225 e. The lowest BCUT2D eigenvalue weighted by molar-refractivity contribution is -0.134. The third kappa shape index (κ3) is 2.89. The second kappa shape index (κ2) is 6.14. The van der Waals surface area contributed by atoms with Gasteiger partial charge in [0.15, 0.2) is 5.65 Å². The highest BCUT2D eigenvalue weighted by Gasteiger charge is 2.40. The van der Waals surface area contributed by atoms with Gasteiger partial charge >= 0.3 is 0 Å². The normalized spacial score (nSPS) is 22.2. The molecule has 2 aromatic rings. The number of likely N-dealkylation sites (tertiary alicyclic amines) is 1. The highest BCUT2D eigenvalue weighted by atomic mass is 16.5. The smallest absolute Gasteiger partial charge is 0.225 e. The number of hydrogen-bond acceptors (Lipinski definition) is 5. The van der Waals surface area contributed by atoms with Gasteiger partial charge in [0.05, 0.1) is 24.8 Å². The molecule has 0 aliphatic carbocycles. The van der Waals surface area contributed by atoms with E-state index in [2.05, 4.69) is 15.0 Å². The quantitative estimate of drug-likeness (QED) is 0.821. The average molecular weight is 329 g/mol. The third-order valence-electron chi connectivity index (χ3n) is 5.25. The first kappa shape index (κ1) is 15.5. The zero-order chi connectivity index (χ0) is 16.6. The molecule has 1 amide bonds. The fraction of sp³-hybridized carbons (Fsp3) is 0.588. The number of fused-ring (bicyclic) bond motifs is 1. The Morgan fingerprint density at radius 3 is 2.96 bits per heavy atom. The summed E-state index contributed by atoms with van der Waals surface area (Å²) in [4.78, 5) is 20.8. The monoisotopic (exact) mass is 329 g/mol. The maximum absolute atomic E-state index is 12.2. The van der Waals surface area contributed by atoms with Crippen LogP contribution in [0.3, 0.4) is 0 Å². The molecule has 7 nitrogen and oxygen atoms in total. The molecule has 2 fully saturated rings. The van der Waals surface area contributed by atoms with E-state index in [1.807, 2.05) is 30.0 Å². The average Bonchev–Trinajstić information content (AvgIpc) is 2.94. The molecule has 24 heavy (non-hydrogen) atoms. The molecule has 4 heterocycles. The van der Waals surface area contributed by atoms with Crippen LogP contribution in [-0.2, 0) is 16.1 Å². The summed E-state index contributed by atoms with van der Waals surface area (Å²) >= 11 is 0. The van der Waals surface area contributed by atoms with Crippen LogP contribution in [0.25, 0.3) is 5.65 Å². The highest BCUT2D eigenvalue weighted by molar-refractivity contribution is 5.77. The van der Waals surface area contributed by atoms with E-state index in [4.69, 9.17) is 4.74 Å². The molecule has 0 saturated carbocycles. The predicted molar refractivity (Wildman–Crippen MR) is 88.4 cm³/mol. The third-order valence-corrected chi connectivity index (χ3v) is 5.25. The number of carbonyl (C=O) groups is 1. The van der Waals surface area contributed by atoms with Crippen molar-refractivity contribution in [3.8, 4) is 0 Å². The van der Waals surface area contributed by atoms with Gasteiger partial charge in [-0.05, 0) is 18.9 Å². The molecule has 0 N–H and O–H groups in total. The van der Waals surface area contributed by atoms with Gasteiger partial charge in [0.2, 0.25) is 5.91 Å². The fourth-order valence-electron chi connectivity index (χ4n) is 3.65. The molecule has 0 bridgehead atoms. The van der Waals surface area contributed by atoms with E-state index >= 15 is 0 Å². The first-order valence-electron chi connectivity index (χ1n) is 8.53. The lowest BCUT2D eigenvalue weighted by Gasteiger charge is -2.40. The van der Waals surface area contributed by atoms with E-state index < -0.39 is 0 Å². The van der Waals surface area contributed by atoms with Crippen molar-refractivity contribution in [3.05, 3.63) is 30.2 Å². The van der Waals surface area contributed by atoms with E-state index in [9.17, 15) is 4.79 Å². The predicted octanol–water partition coefficient (Wildman–Crippen LogP) is 0.943. The van der Waals surface area contributed by atoms with Crippen LogP contribution in [0.5, 0.6) is 0 Å². The number of aromatic nitrogens is 3. The number of likely N-dealkylation sites (N-methyl/N-ethyl adjacent to an activating group) is 1. The molecular formula is C17H23N5O2. The Balaban J connectivity index is 1.42. The summed E-state index contributed by atoms with van der Waals surface area (Å²) in [5.41, 5.74) is 1.79. The summed E-state index contributed by atoms with van der Waals surface area (Å²) in [6.07, 6.45) is 7.92. The summed E-state index contributed by atoms with van der Waals surface area (Å²) in [5.74, 6) is 0.202. The molecule has 7 heteroatoms. The largest absolute Gasteiger partial charge is 0.373 e. The lowest BCUT2D eigenvalue weighted by Crippen LogP contribution is -2.46. The second-order valence-corrected chi connectivity index (χ2v) is 6.86. The number of amides is 1. The summed E-state index contributed by atoms with van der Waals surface area (Å²) in [6.45, 7) is 4.03. The summed E-state index contributed by atoms with van der Waals surface area (Å²) in [5, 5.41) is 4.35. The van der Waals surface area contributed by atoms with Crippen LogP contribution in [0.1, 0.15) is 24.8 Å². The van der Waals surface area contributed by atoms with Crippen molar-refractivity contribution in [2.75, 3.05) is 33.3 Å². The molecule has 2 aliphatic heterocycles.